The second-order valence-electron chi connectivity index (χ2n) is 6.51. The van der Waals surface area contributed by atoms with E-state index in [1.54, 1.807) is 18.1 Å². The van der Waals surface area contributed by atoms with Gasteiger partial charge >= 0.3 is 6.03 Å². The zero-order valence-electron chi connectivity index (χ0n) is 16.0. The number of hydrogen-bond donors (Lipinski definition) is 1. The molecule has 148 valence electrons. The van der Waals surface area contributed by atoms with Gasteiger partial charge in [0.15, 0.2) is 0 Å². The number of carbonyl (C=O) groups is 1. The molecule has 1 aromatic heterocycles. The number of halogens is 2. The Morgan fingerprint density at radius 2 is 2.19 bits per heavy atom. The number of aromatic nitrogens is 1. The molecule has 1 N–H and O–H groups in total. The molecule has 2 amide bonds. The number of ether oxygens (including phenoxy) is 1. The normalized spacial score (nSPS) is 12.1. The highest BCUT2D eigenvalue weighted by Gasteiger charge is 2.19. The maximum Gasteiger partial charge on any atom is 0.317 e. The van der Waals surface area contributed by atoms with Crippen LogP contribution < -0.4 is 5.32 Å². The second-order valence-corrected chi connectivity index (χ2v) is 6.91. The molecule has 0 spiro atoms. The van der Waals surface area contributed by atoms with Crippen LogP contribution in [0.5, 0.6) is 0 Å². The lowest BCUT2D eigenvalue weighted by Crippen LogP contribution is -2.45. The summed E-state index contributed by atoms with van der Waals surface area (Å²) in [4.78, 5) is 14.3. The zero-order valence-corrected chi connectivity index (χ0v) is 16.8. The molecule has 0 saturated carbocycles. The molecule has 8 heteroatoms. The Kier molecular flexibility index (Phi) is 7.62. The molecule has 0 saturated heterocycles. The van der Waals surface area contributed by atoms with Crippen molar-refractivity contribution in [2.75, 3.05) is 20.3 Å². The van der Waals surface area contributed by atoms with Crippen molar-refractivity contribution in [3.63, 3.8) is 0 Å². The van der Waals surface area contributed by atoms with E-state index in [4.69, 9.17) is 20.9 Å². The Hall–Kier alpha value is -2.12. The predicted molar refractivity (Wildman–Crippen MR) is 101 cm³/mol. The summed E-state index contributed by atoms with van der Waals surface area (Å²) in [6.45, 7) is 6.67. The molecule has 0 aliphatic rings. The SMILES string of the molecule is COCCN(Cc1ccc(F)cc1Cl)C(=O)NC(C)Cc1c(C)noc1C. The number of amides is 2. The predicted octanol–water partition coefficient (Wildman–Crippen LogP) is 3.87. The van der Waals surface area contributed by atoms with Gasteiger partial charge in [-0.1, -0.05) is 22.8 Å². The summed E-state index contributed by atoms with van der Waals surface area (Å²) >= 11 is 6.10. The summed E-state index contributed by atoms with van der Waals surface area (Å²) in [6.07, 6.45) is 0.613. The number of urea groups is 1. The Balaban J connectivity index is 2.04. The topological polar surface area (TPSA) is 67.6 Å². The lowest BCUT2D eigenvalue weighted by atomic mass is 10.1. The Bertz CT molecular complexity index is 762. The average molecular weight is 398 g/mol. The first-order valence-electron chi connectivity index (χ1n) is 8.71. The number of aryl methyl sites for hydroxylation is 2. The fourth-order valence-electron chi connectivity index (χ4n) is 2.76. The summed E-state index contributed by atoms with van der Waals surface area (Å²) in [5.41, 5.74) is 2.48. The molecule has 27 heavy (non-hydrogen) atoms. The van der Waals surface area contributed by atoms with Gasteiger partial charge in [-0.05, 0) is 44.9 Å². The Labute approximate surface area is 163 Å². The van der Waals surface area contributed by atoms with Crippen molar-refractivity contribution < 1.29 is 18.4 Å². The number of methoxy groups -OCH3 is 1. The highest BCUT2D eigenvalue weighted by Crippen LogP contribution is 2.19. The lowest BCUT2D eigenvalue weighted by molar-refractivity contribution is 0.145. The van der Waals surface area contributed by atoms with Gasteiger partial charge in [0.2, 0.25) is 0 Å². The van der Waals surface area contributed by atoms with E-state index in [0.717, 1.165) is 17.0 Å². The van der Waals surface area contributed by atoms with Gasteiger partial charge in [-0.15, -0.1) is 0 Å². The third kappa shape index (κ3) is 5.94. The molecular weight excluding hydrogens is 373 g/mol. The second kappa shape index (κ2) is 9.71. The highest BCUT2D eigenvalue weighted by molar-refractivity contribution is 6.31. The molecule has 1 atom stereocenters. The molecule has 2 aromatic rings. The first-order valence-corrected chi connectivity index (χ1v) is 9.09. The maximum absolute atomic E-state index is 13.3. The number of rotatable bonds is 8. The molecular formula is C19H25ClFN3O3. The van der Waals surface area contributed by atoms with Crippen molar-refractivity contribution in [3.8, 4) is 0 Å². The Morgan fingerprint density at radius 1 is 1.44 bits per heavy atom. The van der Waals surface area contributed by atoms with Gasteiger partial charge in [-0.2, -0.15) is 0 Å². The standard InChI is InChI=1S/C19H25ClFN3O3/c1-12(9-17-13(2)23-27-14(17)3)22-19(25)24(7-8-26-4)11-15-5-6-16(21)10-18(15)20/h5-6,10,12H,7-9,11H2,1-4H3,(H,22,25). The molecule has 0 radical (unpaired) electrons. The molecule has 1 heterocycles. The van der Waals surface area contributed by atoms with Crippen LogP contribution in [0.4, 0.5) is 9.18 Å². The van der Waals surface area contributed by atoms with E-state index in [-0.39, 0.29) is 23.6 Å². The zero-order chi connectivity index (χ0) is 20.0. The maximum atomic E-state index is 13.3. The van der Waals surface area contributed by atoms with Crippen molar-refractivity contribution in [2.24, 2.45) is 0 Å². The summed E-state index contributed by atoms with van der Waals surface area (Å²) in [6, 6.07) is 3.78. The van der Waals surface area contributed by atoms with E-state index >= 15 is 0 Å². The molecule has 6 nitrogen and oxygen atoms in total. The summed E-state index contributed by atoms with van der Waals surface area (Å²) in [5.74, 6) is 0.340. The van der Waals surface area contributed by atoms with Crippen molar-refractivity contribution in [2.45, 2.75) is 39.8 Å². The van der Waals surface area contributed by atoms with E-state index in [9.17, 15) is 9.18 Å². The van der Waals surface area contributed by atoms with Gasteiger partial charge in [0, 0.05) is 36.8 Å². The fourth-order valence-corrected chi connectivity index (χ4v) is 2.99. The van der Waals surface area contributed by atoms with Gasteiger partial charge in [0.25, 0.3) is 0 Å². The fraction of sp³-hybridized carbons (Fsp3) is 0.474. The number of nitrogens with zero attached hydrogens (tertiary/aromatic N) is 2. The van der Waals surface area contributed by atoms with Crippen molar-refractivity contribution in [1.29, 1.82) is 0 Å². The number of benzene rings is 1. The van der Waals surface area contributed by atoms with Crippen LogP contribution >= 0.6 is 11.6 Å². The van der Waals surface area contributed by atoms with E-state index in [2.05, 4.69) is 10.5 Å². The third-order valence-electron chi connectivity index (χ3n) is 4.29. The number of carbonyl (C=O) groups excluding carboxylic acids is 1. The minimum Gasteiger partial charge on any atom is -0.383 e. The van der Waals surface area contributed by atoms with E-state index < -0.39 is 5.82 Å². The van der Waals surface area contributed by atoms with Gasteiger partial charge in [0.05, 0.1) is 12.3 Å². The van der Waals surface area contributed by atoms with Crippen molar-refractivity contribution in [1.82, 2.24) is 15.4 Å². The average Bonchev–Trinajstić information content (AvgIpc) is 2.92. The van der Waals surface area contributed by atoms with Crippen LogP contribution in [0.25, 0.3) is 0 Å². The van der Waals surface area contributed by atoms with Crippen molar-refractivity contribution in [3.05, 3.63) is 51.6 Å². The molecule has 0 fully saturated rings. The Morgan fingerprint density at radius 3 is 2.78 bits per heavy atom. The van der Waals surface area contributed by atoms with Crippen molar-refractivity contribution >= 4 is 17.6 Å². The van der Waals surface area contributed by atoms with Gasteiger partial charge < -0.3 is 19.5 Å². The molecule has 2 rings (SSSR count). The van der Waals surface area contributed by atoms with Gasteiger partial charge in [-0.3, -0.25) is 0 Å². The largest absolute Gasteiger partial charge is 0.383 e. The summed E-state index contributed by atoms with van der Waals surface area (Å²) in [5, 5.41) is 7.20. The van der Waals surface area contributed by atoms with Gasteiger partial charge in [-0.25, -0.2) is 9.18 Å². The van der Waals surface area contributed by atoms with Crippen LogP contribution in [-0.2, 0) is 17.7 Å². The molecule has 1 aromatic carbocycles. The number of hydrogen-bond acceptors (Lipinski definition) is 4. The molecule has 0 aliphatic carbocycles. The molecule has 0 aliphatic heterocycles. The van der Waals surface area contributed by atoms with Crippen LogP contribution in [0.2, 0.25) is 5.02 Å². The third-order valence-corrected chi connectivity index (χ3v) is 4.64. The van der Waals surface area contributed by atoms with Crippen LogP contribution in [0.15, 0.2) is 22.7 Å². The molecule has 1 unspecified atom stereocenters. The molecule has 0 bridgehead atoms. The minimum atomic E-state index is -0.412. The van der Waals surface area contributed by atoms with Crippen LogP contribution in [-0.4, -0.2) is 42.4 Å². The smallest absolute Gasteiger partial charge is 0.317 e. The van der Waals surface area contributed by atoms with Crippen LogP contribution in [0, 0.1) is 19.7 Å². The van der Waals surface area contributed by atoms with Gasteiger partial charge in [0.1, 0.15) is 11.6 Å². The van der Waals surface area contributed by atoms with Crippen LogP contribution in [0.1, 0.15) is 29.5 Å². The monoisotopic (exact) mass is 397 g/mol. The van der Waals surface area contributed by atoms with E-state index in [1.807, 2.05) is 20.8 Å². The summed E-state index contributed by atoms with van der Waals surface area (Å²) < 4.78 is 23.5. The minimum absolute atomic E-state index is 0.122. The highest BCUT2D eigenvalue weighted by atomic mass is 35.5. The summed E-state index contributed by atoms with van der Waals surface area (Å²) in [7, 11) is 1.57. The number of nitrogens with one attached hydrogen (secondary N) is 1. The first kappa shape index (κ1) is 21.2. The van der Waals surface area contributed by atoms with E-state index in [1.165, 1.54) is 12.1 Å². The lowest BCUT2D eigenvalue weighted by Gasteiger charge is -2.25. The quantitative estimate of drug-likeness (QED) is 0.734. The van der Waals surface area contributed by atoms with Crippen LogP contribution in [0.3, 0.4) is 0 Å². The van der Waals surface area contributed by atoms with E-state index in [0.29, 0.717) is 25.1 Å². The first-order chi connectivity index (χ1) is 12.8.